The Morgan fingerprint density at radius 2 is 1.74 bits per heavy atom. The van der Waals surface area contributed by atoms with Gasteiger partial charge in [-0.3, -0.25) is 4.79 Å². The normalized spacial score (nSPS) is 46.1. The van der Waals surface area contributed by atoms with E-state index in [0.717, 1.165) is 0 Å². The van der Waals surface area contributed by atoms with Gasteiger partial charge in [0, 0.05) is 16.7 Å². The Labute approximate surface area is 208 Å². The van der Waals surface area contributed by atoms with Crippen molar-refractivity contribution in [3.63, 3.8) is 0 Å². The van der Waals surface area contributed by atoms with Gasteiger partial charge >= 0.3 is 0 Å². The van der Waals surface area contributed by atoms with Gasteiger partial charge in [-0.1, -0.05) is 20.4 Å². The van der Waals surface area contributed by atoms with E-state index in [1.807, 2.05) is 13.8 Å². The summed E-state index contributed by atoms with van der Waals surface area (Å²) in [6, 6.07) is 0. The predicted molar refractivity (Wildman–Crippen MR) is 131 cm³/mol. The van der Waals surface area contributed by atoms with Gasteiger partial charge in [0.05, 0.1) is 35.1 Å². The van der Waals surface area contributed by atoms with Crippen molar-refractivity contribution in [3.8, 4) is 0 Å². The highest BCUT2D eigenvalue weighted by atomic mass is 16.3. The SMILES string of the molecule is C=C(CC(O)C(C)(O)C1CCC2(O)C3=CC(=O)C4CC(O)CC(O)C4(C)C3CCC12C)C(C)(C)O. The Morgan fingerprint density at radius 1 is 1.11 bits per heavy atom. The van der Waals surface area contributed by atoms with E-state index in [2.05, 4.69) is 6.58 Å². The lowest BCUT2D eigenvalue weighted by molar-refractivity contribution is -0.181. The van der Waals surface area contributed by atoms with Crippen LogP contribution in [0.5, 0.6) is 0 Å². The average Bonchev–Trinajstić information content (AvgIpc) is 3.02. The second-order valence-corrected chi connectivity index (χ2v) is 13.1. The molecular formula is C28H44O7. The molecule has 10 unspecified atom stereocenters. The van der Waals surface area contributed by atoms with E-state index in [1.54, 1.807) is 26.8 Å². The van der Waals surface area contributed by atoms with Crippen molar-refractivity contribution in [2.75, 3.05) is 0 Å². The second kappa shape index (κ2) is 8.20. The first-order valence-corrected chi connectivity index (χ1v) is 13.1. The molecule has 0 aliphatic heterocycles. The number of aliphatic hydroxyl groups is 6. The third kappa shape index (κ3) is 3.72. The van der Waals surface area contributed by atoms with Gasteiger partial charge in [-0.15, -0.1) is 0 Å². The maximum absolute atomic E-state index is 13.3. The molecule has 7 heteroatoms. The number of fused-ring (bicyclic) bond motifs is 5. The summed E-state index contributed by atoms with van der Waals surface area (Å²) in [7, 11) is 0. The van der Waals surface area contributed by atoms with Crippen LogP contribution < -0.4 is 0 Å². The number of carbonyl (C=O) groups is 1. The summed E-state index contributed by atoms with van der Waals surface area (Å²) in [6.45, 7) is 12.5. The fourth-order valence-electron chi connectivity index (χ4n) is 8.23. The molecule has 10 atom stereocenters. The van der Waals surface area contributed by atoms with Crippen LogP contribution in [0.15, 0.2) is 23.8 Å². The topological polar surface area (TPSA) is 138 Å². The number of aliphatic hydroxyl groups excluding tert-OH is 3. The smallest absolute Gasteiger partial charge is 0.159 e. The Bertz CT molecular complexity index is 932. The molecule has 0 spiro atoms. The second-order valence-electron chi connectivity index (χ2n) is 13.1. The molecule has 198 valence electrons. The van der Waals surface area contributed by atoms with Gasteiger partial charge in [0.2, 0.25) is 0 Å². The first kappa shape index (κ1) is 27.0. The summed E-state index contributed by atoms with van der Waals surface area (Å²) >= 11 is 0. The van der Waals surface area contributed by atoms with E-state index < -0.39 is 57.8 Å². The minimum atomic E-state index is -1.56. The number of carbonyl (C=O) groups excluding carboxylic acids is 1. The number of hydrogen-bond donors (Lipinski definition) is 6. The summed E-state index contributed by atoms with van der Waals surface area (Å²) in [6.07, 6.45) is 1.38. The van der Waals surface area contributed by atoms with E-state index in [-0.39, 0.29) is 24.5 Å². The van der Waals surface area contributed by atoms with Gasteiger partial charge in [-0.05, 0) is 94.8 Å². The lowest BCUT2D eigenvalue weighted by Crippen LogP contribution is -2.64. The molecule has 0 aromatic heterocycles. The molecule has 0 amide bonds. The quantitative estimate of drug-likeness (QED) is 0.323. The Hall–Kier alpha value is -1.09. The van der Waals surface area contributed by atoms with Crippen LogP contribution >= 0.6 is 0 Å². The molecule has 0 heterocycles. The highest BCUT2D eigenvalue weighted by Gasteiger charge is 2.69. The zero-order valence-corrected chi connectivity index (χ0v) is 21.8. The molecule has 35 heavy (non-hydrogen) atoms. The molecule has 4 aliphatic carbocycles. The standard InChI is InChI=1S/C28H44O7/c1-15(24(2,3)33)11-23(32)27(6,34)21-8-10-28(35)18-14-20(30)19-12-16(29)13-22(31)26(19,5)17(18)7-9-25(21,28)4/h14,16-17,19,21-23,29,31-35H,1,7-13H2,2-6H3. The zero-order valence-electron chi connectivity index (χ0n) is 21.8. The zero-order chi connectivity index (χ0) is 26.4. The van der Waals surface area contributed by atoms with Crippen LogP contribution in [-0.4, -0.2) is 71.5 Å². The van der Waals surface area contributed by atoms with E-state index in [0.29, 0.717) is 43.3 Å². The first-order chi connectivity index (χ1) is 15.9. The van der Waals surface area contributed by atoms with Crippen molar-refractivity contribution in [3.05, 3.63) is 23.8 Å². The van der Waals surface area contributed by atoms with Crippen LogP contribution in [0.25, 0.3) is 0 Å². The van der Waals surface area contributed by atoms with Crippen molar-refractivity contribution in [2.45, 2.75) is 115 Å². The van der Waals surface area contributed by atoms with Gasteiger partial charge in [0.25, 0.3) is 0 Å². The summed E-state index contributed by atoms with van der Waals surface area (Å²) in [5.41, 5.74) is -4.60. The molecule has 7 nitrogen and oxygen atoms in total. The molecule has 6 N–H and O–H groups in total. The lowest BCUT2D eigenvalue weighted by Gasteiger charge is -2.61. The fourth-order valence-corrected chi connectivity index (χ4v) is 8.23. The fraction of sp³-hybridized carbons (Fsp3) is 0.821. The molecular weight excluding hydrogens is 448 g/mol. The summed E-state index contributed by atoms with van der Waals surface area (Å²) < 4.78 is 0. The molecule has 4 aliphatic rings. The largest absolute Gasteiger partial charge is 0.393 e. The third-order valence-corrected chi connectivity index (χ3v) is 10.9. The summed E-state index contributed by atoms with van der Waals surface area (Å²) in [5.74, 6) is -1.30. The van der Waals surface area contributed by atoms with Crippen molar-refractivity contribution in [1.29, 1.82) is 0 Å². The van der Waals surface area contributed by atoms with Crippen LogP contribution in [0.4, 0.5) is 0 Å². The van der Waals surface area contributed by atoms with Gasteiger partial charge in [0.1, 0.15) is 0 Å². The number of allylic oxidation sites excluding steroid dienone is 1. The van der Waals surface area contributed by atoms with Crippen molar-refractivity contribution in [1.82, 2.24) is 0 Å². The van der Waals surface area contributed by atoms with Gasteiger partial charge in [-0.25, -0.2) is 0 Å². The van der Waals surface area contributed by atoms with Crippen LogP contribution in [-0.2, 0) is 4.79 Å². The molecule has 4 rings (SSSR count). The number of hydrogen-bond acceptors (Lipinski definition) is 7. The Balaban J connectivity index is 1.69. The molecule has 0 aromatic rings. The predicted octanol–water partition coefficient (Wildman–Crippen LogP) is 2.02. The summed E-state index contributed by atoms with van der Waals surface area (Å²) in [4.78, 5) is 13.3. The van der Waals surface area contributed by atoms with E-state index >= 15 is 0 Å². The van der Waals surface area contributed by atoms with Crippen LogP contribution in [0.3, 0.4) is 0 Å². The number of ketones is 1. The van der Waals surface area contributed by atoms with Crippen LogP contribution in [0.2, 0.25) is 0 Å². The number of rotatable bonds is 5. The van der Waals surface area contributed by atoms with Crippen LogP contribution in [0, 0.1) is 28.6 Å². The monoisotopic (exact) mass is 492 g/mol. The maximum Gasteiger partial charge on any atom is 0.159 e. The van der Waals surface area contributed by atoms with Crippen LogP contribution in [0.1, 0.15) is 79.6 Å². The maximum atomic E-state index is 13.3. The average molecular weight is 493 g/mol. The van der Waals surface area contributed by atoms with E-state index in [4.69, 9.17) is 0 Å². The van der Waals surface area contributed by atoms with E-state index in [1.165, 1.54) is 0 Å². The molecule has 3 fully saturated rings. The molecule has 3 saturated carbocycles. The minimum absolute atomic E-state index is 0.0274. The highest BCUT2D eigenvalue weighted by Crippen LogP contribution is 2.68. The molecule has 0 radical (unpaired) electrons. The Morgan fingerprint density at radius 3 is 2.34 bits per heavy atom. The molecule has 0 bridgehead atoms. The van der Waals surface area contributed by atoms with Gasteiger partial charge in [0.15, 0.2) is 5.78 Å². The highest BCUT2D eigenvalue weighted by molar-refractivity contribution is 5.95. The van der Waals surface area contributed by atoms with Crippen molar-refractivity contribution < 1.29 is 35.4 Å². The Kier molecular flexibility index (Phi) is 6.32. The molecule has 0 aromatic carbocycles. The molecule has 0 saturated heterocycles. The minimum Gasteiger partial charge on any atom is -0.393 e. The lowest BCUT2D eigenvalue weighted by atomic mass is 9.45. The van der Waals surface area contributed by atoms with Crippen molar-refractivity contribution in [2.24, 2.45) is 28.6 Å². The van der Waals surface area contributed by atoms with Gasteiger partial charge < -0.3 is 30.6 Å². The summed E-state index contributed by atoms with van der Waals surface area (Å²) in [5, 5.41) is 66.5. The third-order valence-electron chi connectivity index (χ3n) is 10.9. The van der Waals surface area contributed by atoms with E-state index in [9.17, 15) is 35.4 Å². The first-order valence-electron chi connectivity index (χ1n) is 13.1. The van der Waals surface area contributed by atoms with Gasteiger partial charge in [-0.2, -0.15) is 0 Å². The van der Waals surface area contributed by atoms with Crippen molar-refractivity contribution >= 4 is 5.78 Å².